The van der Waals surface area contributed by atoms with E-state index in [2.05, 4.69) is 11.9 Å². The third-order valence-electron chi connectivity index (χ3n) is 5.42. The highest BCUT2D eigenvalue weighted by Gasteiger charge is 2.44. The van der Waals surface area contributed by atoms with Gasteiger partial charge in [-0.3, -0.25) is 9.59 Å². The molecule has 29 heavy (non-hydrogen) atoms. The van der Waals surface area contributed by atoms with Crippen molar-refractivity contribution in [1.29, 1.82) is 0 Å². The Bertz CT molecular complexity index is 900. The van der Waals surface area contributed by atoms with Crippen LogP contribution in [0.15, 0.2) is 47.4 Å². The number of ether oxygens (including phenoxy) is 1. The highest BCUT2D eigenvalue weighted by molar-refractivity contribution is 5.93. The first-order chi connectivity index (χ1) is 13.9. The first-order valence-corrected chi connectivity index (χ1v) is 10.0. The Morgan fingerprint density at radius 1 is 1.34 bits per heavy atom. The van der Waals surface area contributed by atoms with E-state index in [0.717, 1.165) is 19.3 Å². The van der Waals surface area contributed by atoms with Crippen molar-refractivity contribution in [2.75, 3.05) is 13.1 Å². The van der Waals surface area contributed by atoms with Crippen LogP contribution in [0.25, 0.3) is 0 Å². The molecule has 156 valence electrons. The summed E-state index contributed by atoms with van der Waals surface area (Å²) in [6.07, 6.45) is 4.45. The number of carbonyl (C=O) groups is 1. The Balaban J connectivity index is 1.82. The Kier molecular flexibility index (Phi) is 6.69. The molecule has 1 aliphatic rings. The van der Waals surface area contributed by atoms with E-state index in [1.54, 1.807) is 12.1 Å². The average Bonchev–Trinajstić information content (AvgIpc) is 2.70. The molecule has 3 rings (SSSR count). The van der Waals surface area contributed by atoms with Crippen LogP contribution >= 0.6 is 0 Å². The van der Waals surface area contributed by atoms with Crippen molar-refractivity contribution in [2.45, 2.75) is 50.7 Å². The standard InChI is InChI=1S/C22H27FN2O4/c1-2-3-4-10-22(28)11-13-25(21(27)18-9-6-12-24-20(18)26)15-19(22)29-17-8-5-7-16(23)14-17/h5-9,12,14,19,28H,2-4,10-11,13,15H2,1H3,(H,24,26)/t19-,22-/m0/s1. The van der Waals surface area contributed by atoms with Crippen LogP contribution in [0.4, 0.5) is 4.39 Å². The largest absolute Gasteiger partial charge is 0.485 e. The normalized spacial score (nSPS) is 21.8. The molecule has 0 spiro atoms. The molecule has 2 N–H and O–H groups in total. The molecule has 2 aromatic rings. The highest BCUT2D eigenvalue weighted by Crippen LogP contribution is 2.32. The van der Waals surface area contributed by atoms with Gasteiger partial charge in [-0.25, -0.2) is 4.39 Å². The number of aromatic amines is 1. The van der Waals surface area contributed by atoms with Gasteiger partial charge in [-0.05, 0) is 37.1 Å². The van der Waals surface area contributed by atoms with Crippen molar-refractivity contribution in [2.24, 2.45) is 0 Å². The van der Waals surface area contributed by atoms with Gasteiger partial charge in [0.05, 0.1) is 6.54 Å². The van der Waals surface area contributed by atoms with Gasteiger partial charge in [0.1, 0.15) is 28.8 Å². The molecule has 1 amide bonds. The van der Waals surface area contributed by atoms with Crippen LogP contribution in [-0.2, 0) is 0 Å². The fraction of sp³-hybridized carbons (Fsp3) is 0.455. The quantitative estimate of drug-likeness (QED) is 0.697. The molecule has 0 saturated carbocycles. The summed E-state index contributed by atoms with van der Waals surface area (Å²) in [7, 11) is 0. The number of hydrogen-bond donors (Lipinski definition) is 2. The van der Waals surface area contributed by atoms with Crippen LogP contribution in [0.5, 0.6) is 5.75 Å². The van der Waals surface area contributed by atoms with Crippen molar-refractivity contribution in [3.63, 3.8) is 0 Å². The maximum Gasteiger partial charge on any atom is 0.260 e. The topological polar surface area (TPSA) is 82.6 Å². The van der Waals surface area contributed by atoms with Crippen LogP contribution in [0.1, 0.15) is 49.4 Å². The second-order valence-corrected chi connectivity index (χ2v) is 7.54. The maximum absolute atomic E-state index is 13.6. The van der Waals surface area contributed by atoms with E-state index in [1.165, 1.54) is 35.4 Å². The van der Waals surface area contributed by atoms with E-state index in [-0.39, 0.29) is 12.1 Å². The average molecular weight is 402 g/mol. The van der Waals surface area contributed by atoms with E-state index in [9.17, 15) is 19.1 Å². The smallest absolute Gasteiger partial charge is 0.260 e. The Labute approximate surface area is 169 Å². The van der Waals surface area contributed by atoms with Gasteiger partial charge in [-0.1, -0.05) is 32.3 Å². The molecular formula is C22H27FN2O4. The minimum absolute atomic E-state index is 0.0495. The molecule has 0 aliphatic carbocycles. The molecule has 1 saturated heterocycles. The summed E-state index contributed by atoms with van der Waals surface area (Å²) in [4.78, 5) is 28.9. The summed E-state index contributed by atoms with van der Waals surface area (Å²) in [6, 6.07) is 8.81. The summed E-state index contributed by atoms with van der Waals surface area (Å²) < 4.78 is 19.5. The second-order valence-electron chi connectivity index (χ2n) is 7.54. The number of nitrogens with one attached hydrogen (secondary N) is 1. The number of hydrogen-bond acceptors (Lipinski definition) is 4. The van der Waals surface area contributed by atoms with E-state index >= 15 is 0 Å². The number of amides is 1. The van der Waals surface area contributed by atoms with Gasteiger partial charge >= 0.3 is 0 Å². The highest BCUT2D eigenvalue weighted by atomic mass is 19.1. The van der Waals surface area contributed by atoms with E-state index in [1.807, 2.05) is 0 Å². The molecule has 1 aromatic heterocycles. The summed E-state index contributed by atoms with van der Waals surface area (Å²) >= 11 is 0. The lowest BCUT2D eigenvalue weighted by molar-refractivity contribution is -0.106. The molecule has 0 unspecified atom stereocenters. The van der Waals surface area contributed by atoms with Gasteiger partial charge < -0.3 is 19.7 Å². The fourth-order valence-electron chi connectivity index (χ4n) is 3.71. The molecule has 1 fully saturated rings. The number of benzene rings is 1. The van der Waals surface area contributed by atoms with Crippen molar-refractivity contribution < 1.29 is 19.0 Å². The lowest BCUT2D eigenvalue weighted by atomic mass is 9.83. The van der Waals surface area contributed by atoms with Crippen LogP contribution in [0.2, 0.25) is 0 Å². The zero-order chi connectivity index (χ0) is 20.9. The summed E-state index contributed by atoms with van der Waals surface area (Å²) in [6.45, 7) is 2.52. The van der Waals surface area contributed by atoms with Gasteiger partial charge in [0.2, 0.25) is 0 Å². The zero-order valence-corrected chi connectivity index (χ0v) is 16.6. The lowest BCUT2D eigenvalue weighted by Gasteiger charge is -2.44. The van der Waals surface area contributed by atoms with Gasteiger partial charge in [0.15, 0.2) is 0 Å². The third-order valence-corrected chi connectivity index (χ3v) is 5.42. The number of pyridine rings is 1. The fourth-order valence-corrected chi connectivity index (χ4v) is 3.71. The number of halogens is 1. The first-order valence-electron chi connectivity index (χ1n) is 10.0. The summed E-state index contributed by atoms with van der Waals surface area (Å²) in [5.41, 5.74) is -1.53. The minimum atomic E-state index is -1.12. The van der Waals surface area contributed by atoms with E-state index in [4.69, 9.17) is 4.74 Å². The molecular weight excluding hydrogens is 375 g/mol. The molecule has 1 aromatic carbocycles. The minimum Gasteiger partial charge on any atom is -0.485 e. The van der Waals surface area contributed by atoms with Gasteiger partial charge in [0.25, 0.3) is 11.5 Å². The number of carbonyl (C=O) groups excluding carboxylic acids is 1. The number of aliphatic hydroxyl groups is 1. The summed E-state index contributed by atoms with van der Waals surface area (Å²) in [5, 5.41) is 11.3. The Morgan fingerprint density at radius 3 is 2.90 bits per heavy atom. The number of nitrogens with zero attached hydrogens (tertiary/aromatic N) is 1. The van der Waals surface area contributed by atoms with Gasteiger partial charge in [-0.2, -0.15) is 0 Å². The maximum atomic E-state index is 13.6. The molecule has 1 aliphatic heterocycles. The number of likely N-dealkylation sites (tertiary alicyclic amines) is 1. The summed E-state index contributed by atoms with van der Waals surface area (Å²) in [5.74, 6) is -0.539. The number of rotatable bonds is 7. The van der Waals surface area contributed by atoms with Crippen LogP contribution in [-0.4, -0.2) is 45.7 Å². The van der Waals surface area contributed by atoms with Gasteiger partial charge in [0, 0.05) is 18.8 Å². The number of unbranched alkanes of at least 4 members (excludes halogenated alkanes) is 2. The molecule has 2 heterocycles. The lowest BCUT2D eigenvalue weighted by Crippen LogP contribution is -2.59. The Morgan fingerprint density at radius 2 is 2.17 bits per heavy atom. The predicted octanol–water partition coefficient (Wildman–Crippen LogP) is 3.12. The van der Waals surface area contributed by atoms with Crippen LogP contribution in [0, 0.1) is 5.82 Å². The van der Waals surface area contributed by atoms with Crippen molar-refractivity contribution in [1.82, 2.24) is 9.88 Å². The van der Waals surface area contributed by atoms with Crippen LogP contribution < -0.4 is 10.3 Å². The zero-order valence-electron chi connectivity index (χ0n) is 16.6. The number of aromatic nitrogens is 1. The van der Waals surface area contributed by atoms with Crippen molar-refractivity contribution in [3.05, 3.63) is 64.3 Å². The number of piperidine rings is 1. The van der Waals surface area contributed by atoms with Crippen LogP contribution in [0.3, 0.4) is 0 Å². The molecule has 6 nitrogen and oxygen atoms in total. The number of H-pyrrole nitrogens is 1. The van der Waals surface area contributed by atoms with E-state index in [0.29, 0.717) is 25.1 Å². The second kappa shape index (κ2) is 9.22. The third kappa shape index (κ3) is 5.03. The predicted molar refractivity (Wildman–Crippen MR) is 107 cm³/mol. The van der Waals surface area contributed by atoms with Gasteiger partial charge in [-0.15, -0.1) is 0 Å². The Hall–Kier alpha value is -2.67. The molecule has 0 radical (unpaired) electrons. The molecule has 0 bridgehead atoms. The van der Waals surface area contributed by atoms with E-state index < -0.39 is 29.0 Å². The van der Waals surface area contributed by atoms with Crippen molar-refractivity contribution in [3.8, 4) is 5.75 Å². The molecule has 2 atom stereocenters. The SMILES string of the molecule is CCCCC[C@]1(O)CCN(C(=O)c2ccc[nH]c2=O)C[C@@H]1Oc1cccc(F)c1. The van der Waals surface area contributed by atoms with Crippen molar-refractivity contribution >= 4 is 5.91 Å². The molecule has 7 heteroatoms. The first kappa shape index (κ1) is 21.0. The monoisotopic (exact) mass is 402 g/mol.